The van der Waals surface area contributed by atoms with Gasteiger partial charge in [0.2, 0.25) is 0 Å². The Kier molecular flexibility index (Phi) is 4.28. The number of aromatic nitrogens is 1. The van der Waals surface area contributed by atoms with Crippen LogP contribution in [0.15, 0.2) is 60.8 Å². The number of fused-ring (bicyclic) bond motifs is 4. The van der Waals surface area contributed by atoms with Crippen molar-refractivity contribution in [3.8, 4) is 11.4 Å². The van der Waals surface area contributed by atoms with Crippen LogP contribution in [-0.2, 0) is 5.54 Å². The van der Waals surface area contributed by atoms with Crippen LogP contribution in [0.1, 0.15) is 28.9 Å². The molecule has 0 saturated carbocycles. The van der Waals surface area contributed by atoms with Crippen molar-refractivity contribution in [3.63, 3.8) is 0 Å². The summed E-state index contributed by atoms with van der Waals surface area (Å²) in [4.78, 5) is 14.9. The first-order valence-electron chi connectivity index (χ1n) is 9.79. The van der Waals surface area contributed by atoms with Crippen LogP contribution in [0.4, 0.5) is 5.69 Å². The fourth-order valence-electron chi connectivity index (χ4n) is 4.52. The predicted molar refractivity (Wildman–Crippen MR) is 114 cm³/mol. The maximum atomic E-state index is 13.0. The monoisotopic (exact) mass is 407 g/mol. The average Bonchev–Trinajstić information content (AvgIpc) is 3.26. The van der Waals surface area contributed by atoms with Crippen LogP contribution < -0.4 is 10.1 Å². The Hall–Kier alpha value is -2.92. The third-order valence-electron chi connectivity index (χ3n) is 6.05. The first kappa shape index (κ1) is 18.1. The number of hydrogen-bond donors (Lipinski definition) is 1. The highest BCUT2D eigenvalue weighted by atomic mass is 35.5. The number of carbonyl (C=O) groups is 1. The number of hydrogen-bond acceptors (Lipinski definition) is 3. The Morgan fingerprint density at radius 2 is 1.93 bits per heavy atom. The number of ether oxygens (including phenoxy) is 1. The molecule has 5 rings (SSSR count). The fourth-order valence-corrected chi connectivity index (χ4v) is 4.69. The van der Waals surface area contributed by atoms with Gasteiger partial charge in [0.25, 0.3) is 5.91 Å². The number of anilines is 1. The molecule has 148 valence electrons. The van der Waals surface area contributed by atoms with E-state index in [0.717, 1.165) is 29.2 Å². The molecule has 2 aliphatic heterocycles. The fraction of sp³-hybridized carbons (Fsp3) is 0.261. The molecule has 2 aromatic carbocycles. The van der Waals surface area contributed by atoms with E-state index in [9.17, 15) is 4.79 Å². The van der Waals surface area contributed by atoms with E-state index in [1.165, 1.54) is 5.69 Å². The molecule has 5 nitrogen and oxygen atoms in total. The van der Waals surface area contributed by atoms with Gasteiger partial charge in [-0.3, -0.25) is 4.79 Å². The standard InChI is InChI=1S/C23H22ClN3O2/c1-29-18-5-2-4-16(14-18)22(28)26-12-9-23(10-13-26)21-6-3-11-27(21)20-15-17(24)7-8-19(20)25-23/h2-8,11,14-15,25H,9-10,12-13H2,1H3. The van der Waals surface area contributed by atoms with Crippen molar-refractivity contribution in [1.82, 2.24) is 9.47 Å². The van der Waals surface area contributed by atoms with Gasteiger partial charge < -0.3 is 19.5 Å². The number of amides is 1. The number of piperidine rings is 1. The SMILES string of the molecule is COc1cccc(C(=O)N2CCC3(CC2)Nc2ccc(Cl)cc2-n2cccc23)c1. The number of nitrogens with one attached hydrogen (secondary N) is 1. The second-order valence-corrected chi connectivity index (χ2v) is 8.09. The molecule has 3 heterocycles. The summed E-state index contributed by atoms with van der Waals surface area (Å²) in [7, 11) is 1.61. The molecule has 0 radical (unpaired) electrons. The first-order valence-corrected chi connectivity index (χ1v) is 10.2. The van der Waals surface area contributed by atoms with Crippen LogP contribution in [0.3, 0.4) is 0 Å². The molecule has 0 unspecified atom stereocenters. The maximum absolute atomic E-state index is 13.0. The lowest BCUT2D eigenvalue weighted by molar-refractivity contribution is 0.0676. The van der Waals surface area contributed by atoms with Crippen LogP contribution in [-0.4, -0.2) is 35.6 Å². The molecule has 2 aliphatic rings. The smallest absolute Gasteiger partial charge is 0.253 e. The Labute approximate surface area is 174 Å². The van der Waals surface area contributed by atoms with Crippen LogP contribution in [0.2, 0.25) is 5.02 Å². The minimum Gasteiger partial charge on any atom is -0.497 e. The Morgan fingerprint density at radius 1 is 1.10 bits per heavy atom. The summed E-state index contributed by atoms with van der Waals surface area (Å²) in [5, 5.41) is 4.48. The van der Waals surface area contributed by atoms with Crippen LogP contribution >= 0.6 is 11.6 Å². The molecule has 1 amide bonds. The first-order chi connectivity index (χ1) is 14.1. The van der Waals surface area contributed by atoms with Crippen LogP contribution in [0.5, 0.6) is 5.75 Å². The van der Waals surface area contributed by atoms with E-state index in [1.807, 2.05) is 41.3 Å². The number of carbonyl (C=O) groups excluding carboxylic acids is 1. The van der Waals surface area contributed by atoms with Gasteiger partial charge in [-0.25, -0.2) is 0 Å². The molecule has 1 N–H and O–H groups in total. The Balaban J connectivity index is 1.40. The van der Waals surface area contributed by atoms with Crippen LogP contribution in [0.25, 0.3) is 5.69 Å². The number of nitrogens with zero attached hydrogens (tertiary/aromatic N) is 2. The van der Waals surface area contributed by atoms with Gasteiger partial charge in [-0.15, -0.1) is 0 Å². The molecule has 0 bridgehead atoms. The molecule has 29 heavy (non-hydrogen) atoms. The summed E-state index contributed by atoms with van der Waals surface area (Å²) in [6.45, 7) is 1.38. The van der Waals surface area contributed by atoms with Crippen LogP contribution in [0, 0.1) is 0 Å². The third-order valence-corrected chi connectivity index (χ3v) is 6.29. The molecule has 0 aliphatic carbocycles. The van der Waals surface area contributed by atoms with Crippen molar-refractivity contribution in [2.75, 3.05) is 25.5 Å². The highest BCUT2D eigenvalue weighted by Crippen LogP contribution is 2.44. The molecular weight excluding hydrogens is 386 g/mol. The second-order valence-electron chi connectivity index (χ2n) is 7.66. The predicted octanol–water partition coefficient (Wildman–Crippen LogP) is 4.70. The van der Waals surface area contributed by atoms with Crippen molar-refractivity contribution in [3.05, 3.63) is 77.1 Å². The molecule has 1 aromatic heterocycles. The van der Waals surface area contributed by atoms with Crippen molar-refractivity contribution in [1.29, 1.82) is 0 Å². The van der Waals surface area contributed by atoms with Gasteiger partial charge in [0.15, 0.2) is 0 Å². The van der Waals surface area contributed by atoms with E-state index < -0.39 is 0 Å². The van der Waals surface area contributed by atoms with E-state index in [4.69, 9.17) is 16.3 Å². The van der Waals surface area contributed by atoms with E-state index in [2.05, 4.69) is 28.2 Å². The number of rotatable bonds is 2. The second kappa shape index (κ2) is 6.85. The average molecular weight is 408 g/mol. The minimum absolute atomic E-state index is 0.0529. The van der Waals surface area contributed by atoms with E-state index >= 15 is 0 Å². The number of benzene rings is 2. The third kappa shape index (κ3) is 2.97. The number of halogens is 1. The van der Waals surface area contributed by atoms with Gasteiger partial charge >= 0.3 is 0 Å². The lowest BCUT2D eigenvalue weighted by atomic mass is 9.82. The van der Waals surface area contributed by atoms with Gasteiger partial charge in [-0.1, -0.05) is 17.7 Å². The summed E-state index contributed by atoms with van der Waals surface area (Å²) < 4.78 is 7.48. The highest BCUT2D eigenvalue weighted by Gasteiger charge is 2.42. The highest BCUT2D eigenvalue weighted by molar-refractivity contribution is 6.30. The summed E-state index contributed by atoms with van der Waals surface area (Å²) in [6, 6.07) is 17.5. The zero-order valence-corrected chi connectivity index (χ0v) is 16.9. The number of likely N-dealkylation sites (tertiary alicyclic amines) is 1. The van der Waals surface area contributed by atoms with Gasteiger partial charge in [-0.2, -0.15) is 0 Å². The van der Waals surface area contributed by atoms with Gasteiger partial charge in [-0.05, 0) is 61.4 Å². The molecule has 1 saturated heterocycles. The lowest BCUT2D eigenvalue weighted by Crippen LogP contribution is -2.51. The molecule has 1 spiro atoms. The summed E-state index contributed by atoms with van der Waals surface area (Å²) >= 11 is 6.23. The minimum atomic E-state index is -0.185. The molecule has 3 aromatic rings. The van der Waals surface area contributed by atoms with Gasteiger partial charge in [0, 0.05) is 35.6 Å². The molecule has 6 heteroatoms. The lowest BCUT2D eigenvalue weighted by Gasteiger charge is -2.46. The van der Waals surface area contributed by atoms with E-state index in [-0.39, 0.29) is 11.4 Å². The maximum Gasteiger partial charge on any atom is 0.253 e. The molecule has 0 atom stereocenters. The summed E-state index contributed by atoms with van der Waals surface area (Å²) in [5.41, 5.74) is 3.85. The largest absolute Gasteiger partial charge is 0.497 e. The molecule has 1 fully saturated rings. The normalized spacial score (nSPS) is 16.7. The quantitative estimate of drug-likeness (QED) is 0.670. The topological polar surface area (TPSA) is 46.5 Å². The Morgan fingerprint density at radius 3 is 2.72 bits per heavy atom. The van der Waals surface area contributed by atoms with E-state index in [1.54, 1.807) is 13.2 Å². The molecular formula is C23H22ClN3O2. The number of methoxy groups -OCH3 is 1. The van der Waals surface area contributed by atoms with Crippen molar-refractivity contribution >= 4 is 23.2 Å². The zero-order chi connectivity index (χ0) is 20.0. The van der Waals surface area contributed by atoms with Crippen molar-refractivity contribution in [2.24, 2.45) is 0 Å². The van der Waals surface area contributed by atoms with Crippen molar-refractivity contribution < 1.29 is 9.53 Å². The zero-order valence-electron chi connectivity index (χ0n) is 16.2. The van der Waals surface area contributed by atoms with Gasteiger partial charge in [0.1, 0.15) is 5.75 Å². The summed E-state index contributed by atoms with van der Waals surface area (Å²) in [6.07, 6.45) is 3.77. The van der Waals surface area contributed by atoms with Gasteiger partial charge in [0.05, 0.1) is 24.0 Å². The Bertz CT molecular complexity index is 1080. The van der Waals surface area contributed by atoms with E-state index in [0.29, 0.717) is 24.4 Å². The van der Waals surface area contributed by atoms with Crippen molar-refractivity contribution in [2.45, 2.75) is 18.4 Å². The summed E-state index contributed by atoms with van der Waals surface area (Å²) in [5.74, 6) is 0.753.